The number of aliphatic hydroxyl groups is 2. The van der Waals surface area contributed by atoms with E-state index in [2.05, 4.69) is 28.5 Å². The summed E-state index contributed by atoms with van der Waals surface area (Å²) in [6.07, 6.45) is 2.59. The molecular formula is C22H27N3O3. The molecule has 0 aliphatic heterocycles. The Morgan fingerprint density at radius 3 is 2.89 bits per heavy atom. The highest BCUT2D eigenvalue weighted by molar-refractivity contribution is 5.78. The van der Waals surface area contributed by atoms with Gasteiger partial charge in [-0.2, -0.15) is 0 Å². The Bertz CT molecular complexity index is 924. The molecular weight excluding hydrogens is 354 g/mol. The van der Waals surface area contributed by atoms with Crippen LogP contribution in [0, 0.1) is 0 Å². The third-order valence-corrected chi connectivity index (χ3v) is 5.25. The van der Waals surface area contributed by atoms with Gasteiger partial charge in [0.25, 0.3) is 0 Å². The van der Waals surface area contributed by atoms with Gasteiger partial charge in [-0.25, -0.2) is 4.98 Å². The van der Waals surface area contributed by atoms with Gasteiger partial charge in [-0.05, 0) is 42.5 Å². The number of nitrogens with one attached hydrogen (secondary N) is 1. The fourth-order valence-corrected chi connectivity index (χ4v) is 3.94. The summed E-state index contributed by atoms with van der Waals surface area (Å²) in [4.78, 5) is 4.57. The summed E-state index contributed by atoms with van der Waals surface area (Å²) in [6.45, 7) is 1.08. The second-order valence-electron chi connectivity index (χ2n) is 7.25. The molecule has 0 spiro atoms. The van der Waals surface area contributed by atoms with Crippen LogP contribution < -0.4 is 5.32 Å². The first-order valence-corrected chi connectivity index (χ1v) is 9.93. The minimum Gasteiger partial charge on any atom is -0.395 e. The first-order valence-electron chi connectivity index (χ1n) is 9.93. The maximum Gasteiger partial charge on any atom is 0.204 e. The van der Waals surface area contributed by atoms with Crippen molar-refractivity contribution in [3.05, 3.63) is 59.7 Å². The molecule has 0 amide bonds. The van der Waals surface area contributed by atoms with Crippen LogP contribution in [0.1, 0.15) is 30.1 Å². The zero-order valence-electron chi connectivity index (χ0n) is 15.9. The van der Waals surface area contributed by atoms with Crippen molar-refractivity contribution in [1.82, 2.24) is 9.55 Å². The van der Waals surface area contributed by atoms with E-state index in [4.69, 9.17) is 9.84 Å². The fourth-order valence-electron chi connectivity index (χ4n) is 3.94. The fraction of sp³-hybridized carbons (Fsp3) is 0.409. The maximum atomic E-state index is 10.7. The Morgan fingerprint density at radius 1 is 1.18 bits per heavy atom. The Kier molecular flexibility index (Phi) is 5.90. The molecule has 0 bridgehead atoms. The number of benzene rings is 2. The van der Waals surface area contributed by atoms with Gasteiger partial charge in [0, 0.05) is 6.54 Å². The molecule has 6 nitrogen and oxygen atoms in total. The van der Waals surface area contributed by atoms with E-state index in [1.807, 2.05) is 34.9 Å². The minimum atomic E-state index is -0.652. The summed E-state index contributed by atoms with van der Waals surface area (Å²) >= 11 is 0. The number of aryl methyl sites for hydroxylation is 1. The number of para-hydroxylation sites is 2. The summed E-state index contributed by atoms with van der Waals surface area (Å²) in [5, 5.41) is 22.9. The van der Waals surface area contributed by atoms with Crippen LogP contribution in [-0.2, 0) is 17.7 Å². The molecule has 2 atom stereocenters. The van der Waals surface area contributed by atoms with Gasteiger partial charge in [0.15, 0.2) is 0 Å². The van der Waals surface area contributed by atoms with E-state index >= 15 is 0 Å². The summed E-state index contributed by atoms with van der Waals surface area (Å²) in [5.74, 6) is 0.650. The van der Waals surface area contributed by atoms with Crippen LogP contribution in [0.5, 0.6) is 0 Å². The molecule has 0 saturated heterocycles. The Morgan fingerprint density at radius 2 is 2.00 bits per heavy atom. The molecule has 6 heteroatoms. The minimum absolute atomic E-state index is 0.0238. The standard InChI is InChI=1S/C22H27N3O3/c26-13-12-23-22-24-19-9-3-4-10-20(19)25(22)14-17(27)15-28-21-11-5-7-16-6-1-2-8-18(16)21/h1-4,6,8-10,17,21,26-27H,5,7,11-15H2,(H,23,24)/t17-,21-/m1/s1. The van der Waals surface area contributed by atoms with Gasteiger partial charge in [-0.3, -0.25) is 0 Å². The maximum absolute atomic E-state index is 10.7. The predicted molar refractivity (Wildman–Crippen MR) is 109 cm³/mol. The second kappa shape index (κ2) is 8.73. The van der Waals surface area contributed by atoms with Crippen molar-refractivity contribution in [2.75, 3.05) is 25.1 Å². The Balaban J connectivity index is 1.45. The first kappa shape index (κ1) is 18.9. The zero-order valence-corrected chi connectivity index (χ0v) is 15.9. The van der Waals surface area contributed by atoms with Crippen LogP contribution in [0.15, 0.2) is 48.5 Å². The lowest BCUT2D eigenvalue weighted by Gasteiger charge is -2.26. The van der Waals surface area contributed by atoms with Crippen LogP contribution in [0.25, 0.3) is 11.0 Å². The zero-order chi connectivity index (χ0) is 19.3. The number of hydrogen-bond donors (Lipinski definition) is 3. The van der Waals surface area contributed by atoms with Gasteiger partial charge in [0.05, 0.1) is 43.0 Å². The quantitative estimate of drug-likeness (QED) is 0.559. The van der Waals surface area contributed by atoms with Crippen molar-refractivity contribution in [1.29, 1.82) is 0 Å². The number of imidazole rings is 1. The molecule has 1 aromatic heterocycles. The van der Waals surface area contributed by atoms with Crippen molar-refractivity contribution in [3.8, 4) is 0 Å². The lowest BCUT2D eigenvalue weighted by Crippen LogP contribution is -2.25. The highest BCUT2D eigenvalue weighted by atomic mass is 16.5. The van der Waals surface area contributed by atoms with Crippen LogP contribution in [0.2, 0.25) is 0 Å². The molecule has 148 valence electrons. The molecule has 4 rings (SSSR count). The number of aromatic nitrogens is 2. The first-order chi connectivity index (χ1) is 13.8. The van der Waals surface area contributed by atoms with E-state index in [1.54, 1.807) is 0 Å². The molecule has 2 aromatic carbocycles. The molecule has 0 saturated carbocycles. The molecule has 0 unspecified atom stereocenters. The number of rotatable bonds is 8. The molecule has 1 aliphatic carbocycles. The van der Waals surface area contributed by atoms with Gasteiger partial charge in [-0.15, -0.1) is 0 Å². The number of hydrogen-bond acceptors (Lipinski definition) is 5. The largest absolute Gasteiger partial charge is 0.395 e. The SMILES string of the molecule is OCCNc1nc2ccccc2n1C[C@@H](O)CO[C@@H]1CCCc2ccccc21. The summed E-state index contributed by atoms with van der Waals surface area (Å²) in [5.41, 5.74) is 4.41. The van der Waals surface area contributed by atoms with Crippen LogP contribution >= 0.6 is 0 Å². The van der Waals surface area contributed by atoms with E-state index in [9.17, 15) is 5.11 Å². The van der Waals surface area contributed by atoms with Crippen molar-refractivity contribution < 1.29 is 14.9 Å². The van der Waals surface area contributed by atoms with E-state index in [1.165, 1.54) is 11.1 Å². The van der Waals surface area contributed by atoms with E-state index < -0.39 is 6.10 Å². The summed E-state index contributed by atoms with van der Waals surface area (Å²) in [7, 11) is 0. The Hall–Kier alpha value is -2.41. The average molecular weight is 381 g/mol. The summed E-state index contributed by atoms with van der Waals surface area (Å²) < 4.78 is 8.06. The molecule has 0 fully saturated rings. The number of nitrogens with zero attached hydrogens (tertiary/aromatic N) is 2. The van der Waals surface area contributed by atoms with E-state index in [-0.39, 0.29) is 19.3 Å². The molecule has 3 aromatic rings. The third-order valence-electron chi connectivity index (χ3n) is 5.25. The van der Waals surface area contributed by atoms with Crippen molar-refractivity contribution in [2.24, 2.45) is 0 Å². The topological polar surface area (TPSA) is 79.5 Å². The van der Waals surface area contributed by atoms with Crippen molar-refractivity contribution in [2.45, 2.75) is 38.0 Å². The predicted octanol–water partition coefficient (Wildman–Crippen LogP) is 2.90. The van der Waals surface area contributed by atoms with Gasteiger partial charge >= 0.3 is 0 Å². The Labute approximate surface area is 164 Å². The van der Waals surface area contributed by atoms with Gasteiger partial charge < -0.3 is 24.8 Å². The lowest BCUT2D eigenvalue weighted by atomic mass is 9.89. The monoisotopic (exact) mass is 381 g/mol. The lowest BCUT2D eigenvalue weighted by molar-refractivity contribution is -0.0220. The highest BCUT2D eigenvalue weighted by Crippen LogP contribution is 2.32. The number of aliphatic hydroxyl groups excluding tert-OH is 2. The van der Waals surface area contributed by atoms with Crippen LogP contribution in [-0.4, -0.2) is 45.6 Å². The van der Waals surface area contributed by atoms with Crippen molar-refractivity contribution >= 4 is 17.0 Å². The molecule has 1 aliphatic rings. The molecule has 3 N–H and O–H groups in total. The van der Waals surface area contributed by atoms with Crippen molar-refractivity contribution in [3.63, 3.8) is 0 Å². The average Bonchev–Trinajstić information content (AvgIpc) is 3.08. The number of anilines is 1. The van der Waals surface area contributed by atoms with E-state index in [0.717, 1.165) is 30.3 Å². The van der Waals surface area contributed by atoms with E-state index in [0.29, 0.717) is 19.0 Å². The normalized spacial score (nSPS) is 17.4. The number of ether oxygens (including phenoxy) is 1. The third kappa shape index (κ3) is 4.04. The number of fused-ring (bicyclic) bond motifs is 2. The molecule has 28 heavy (non-hydrogen) atoms. The molecule has 1 heterocycles. The second-order valence-corrected chi connectivity index (χ2v) is 7.25. The van der Waals surface area contributed by atoms with Gasteiger partial charge in [0.2, 0.25) is 5.95 Å². The van der Waals surface area contributed by atoms with Gasteiger partial charge in [0.1, 0.15) is 0 Å². The summed E-state index contributed by atoms with van der Waals surface area (Å²) in [6, 6.07) is 16.2. The van der Waals surface area contributed by atoms with Crippen LogP contribution in [0.4, 0.5) is 5.95 Å². The smallest absolute Gasteiger partial charge is 0.204 e. The molecule has 0 radical (unpaired) electrons. The van der Waals surface area contributed by atoms with Crippen LogP contribution in [0.3, 0.4) is 0 Å². The van der Waals surface area contributed by atoms with Gasteiger partial charge in [-0.1, -0.05) is 36.4 Å². The highest BCUT2D eigenvalue weighted by Gasteiger charge is 2.22.